The molecule has 0 spiro atoms. The van der Waals surface area contributed by atoms with Crippen LogP contribution in [0, 0.1) is 6.92 Å². The molecule has 0 aliphatic heterocycles. The molecule has 0 aromatic heterocycles. The SMILES string of the molecule is [CH2]CCN(CC)NC(=O)[C@H](O)[C@@H](O)[C@H](O)[C@H](O)CO. The number of nitrogens with one attached hydrogen (secondary N) is 1. The van der Waals surface area contributed by atoms with Gasteiger partial charge in [0.15, 0.2) is 6.10 Å². The maximum absolute atomic E-state index is 11.6. The monoisotopic (exact) mass is 279 g/mol. The first-order chi connectivity index (χ1) is 8.88. The largest absolute Gasteiger partial charge is 0.394 e. The average molecular weight is 279 g/mol. The summed E-state index contributed by atoms with van der Waals surface area (Å²) in [6.45, 7) is 5.55. The van der Waals surface area contributed by atoms with Crippen molar-refractivity contribution < 1.29 is 30.3 Å². The highest BCUT2D eigenvalue weighted by atomic mass is 16.4. The lowest BCUT2D eigenvalue weighted by atomic mass is 10.0. The van der Waals surface area contributed by atoms with Crippen LogP contribution in [-0.2, 0) is 4.79 Å². The Balaban J connectivity index is 4.46. The van der Waals surface area contributed by atoms with Crippen molar-refractivity contribution in [3.05, 3.63) is 6.92 Å². The van der Waals surface area contributed by atoms with E-state index in [-0.39, 0.29) is 0 Å². The smallest absolute Gasteiger partial charge is 0.265 e. The van der Waals surface area contributed by atoms with Crippen molar-refractivity contribution in [1.29, 1.82) is 0 Å². The van der Waals surface area contributed by atoms with E-state index in [1.54, 1.807) is 6.92 Å². The van der Waals surface area contributed by atoms with Crippen molar-refractivity contribution in [2.75, 3.05) is 19.7 Å². The number of rotatable bonds is 9. The van der Waals surface area contributed by atoms with Crippen LogP contribution < -0.4 is 5.43 Å². The van der Waals surface area contributed by atoms with Gasteiger partial charge < -0.3 is 25.5 Å². The maximum atomic E-state index is 11.6. The molecular formula is C11H23N2O6. The number of hydrogen-bond acceptors (Lipinski definition) is 7. The number of hydrogen-bond donors (Lipinski definition) is 6. The van der Waals surface area contributed by atoms with Gasteiger partial charge in [0.2, 0.25) is 0 Å². The molecule has 1 amide bonds. The van der Waals surface area contributed by atoms with E-state index in [0.717, 1.165) is 0 Å². The molecule has 6 N–H and O–H groups in total. The van der Waals surface area contributed by atoms with Crippen molar-refractivity contribution in [2.24, 2.45) is 0 Å². The summed E-state index contributed by atoms with van der Waals surface area (Å²) < 4.78 is 0. The summed E-state index contributed by atoms with van der Waals surface area (Å²) in [7, 11) is 0. The van der Waals surface area contributed by atoms with Crippen molar-refractivity contribution >= 4 is 5.91 Å². The van der Waals surface area contributed by atoms with Crippen LogP contribution in [-0.4, -0.2) is 80.6 Å². The molecule has 0 bridgehead atoms. The molecule has 0 aromatic carbocycles. The molecule has 0 saturated heterocycles. The summed E-state index contributed by atoms with van der Waals surface area (Å²) in [5, 5.41) is 47.7. The van der Waals surface area contributed by atoms with Gasteiger partial charge in [0.1, 0.15) is 18.3 Å². The highest BCUT2D eigenvalue weighted by Gasteiger charge is 2.34. The van der Waals surface area contributed by atoms with Crippen LogP contribution in [0.15, 0.2) is 0 Å². The van der Waals surface area contributed by atoms with Crippen molar-refractivity contribution in [1.82, 2.24) is 10.4 Å². The Morgan fingerprint density at radius 1 is 1.26 bits per heavy atom. The first-order valence-electron chi connectivity index (χ1n) is 6.06. The summed E-state index contributed by atoms with van der Waals surface area (Å²) in [5.74, 6) is -0.910. The first kappa shape index (κ1) is 18.2. The van der Waals surface area contributed by atoms with E-state index in [9.17, 15) is 20.1 Å². The van der Waals surface area contributed by atoms with Gasteiger partial charge >= 0.3 is 0 Å². The predicted molar refractivity (Wildman–Crippen MR) is 66.5 cm³/mol. The molecule has 8 heteroatoms. The fourth-order valence-corrected chi connectivity index (χ4v) is 1.38. The molecule has 0 rings (SSSR count). The third-order valence-electron chi connectivity index (χ3n) is 2.60. The predicted octanol–water partition coefficient (Wildman–Crippen LogP) is -3.00. The molecule has 19 heavy (non-hydrogen) atoms. The number of carbonyl (C=O) groups excluding carboxylic acids is 1. The second-order valence-corrected chi connectivity index (χ2v) is 4.09. The van der Waals surface area contributed by atoms with Crippen molar-refractivity contribution in [3.8, 4) is 0 Å². The minimum atomic E-state index is -1.92. The summed E-state index contributed by atoms with van der Waals surface area (Å²) in [6, 6.07) is 0. The fraction of sp³-hybridized carbons (Fsp3) is 0.818. The van der Waals surface area contributed by atoms with Crippen LogP contribution in [0.25, 0.3) is 0 Å². The normalized spacial score (nSPS) is 17.9. The van der Waals surface area contributed by atoms with Crippen molar-refractivity contribution in [2.45, 2.75) is 37.8 Å². The van der Waals surface area contributed by atoms with E-state index >= 15 is 0 Å². The van der Waals surface area contributed by atoms with E-state index in [1.807, 2.05) is 0 Å². The molecular weight excluding hydrogens is 256 g/mol. The summed E-state index contributed by atoms with van der Waals surface area (Å²) >= 11 is 0. The zero-order valence-electron chi connectivity index (χ0n) is 10.9. The molecule has 0 aliphatic carbocycles. The Kier molecular flexibility index (Phi) is 8.81. The third kappa shape index (κ3) is 5.81. The molecule has 8 nitrogen and oxygen atoms in total. The fourth-order valence-electron chi connectivity index (χ4n) is 1.38. The Hall–Kier alpha value is -0.770. The quantitative estimate of drug-likeness (QED) is 0.248. The summed E-state index contributed by atoms with van der Waals surface area (Å²) in [5.41, 5.74) is 2.35. The number of nitrogens with zero attached hydrogens (tertiary/aromatic N) is 1. The van der Waals surface area contributed by atoms with E-state index < -0.39 is 36.9 Å². The highest BCUT2D eigenvalue weighted by molar-refractivity contribution is 5.80. The number of aliphatic hydroxyl groups excluding tert-OH is 5. The topological polar surface area (TPSA) is 133 Å². The summed E-state index contributed by atoms with van der Waals surface area (Å²) in [4.78, 5) is 11.6. The number of aliphatic hydroxyl groups is 5. The lowest BCUT2D eigenvalue weighted by Gasteiger charge is -2.27. The molecule has 0 aliphatic rings. The zero-order valence-corrected chi connectivity index (χ0v) is 10.9. The minimum absolute atomic E-state index is 0.465. The highest BCUT2D eigenvalue weighted by Crippen LogP contribution is 2.05. The van der Waals surface area contributed by atoms with Gasteiger partial charge in [0.25, 0.3) is 5.91 Å². The molecule has 0 fully saturated rings. The molecule has 0 aromatic rings. The van der Waals surface area contributed by atoms with Crippen molar-refractivity contribution in [3.63, 3.8) is 0 Å². The van der Waals surface area contributed by atoms with Gasteiger partial charge in [-0.15, -0.1) is 0 Å². The van der Waals surface area contributed by atoms with Gasteiger partial charge in [0.05, 0.1) is 6.61 Å². The first-order valence-corrected chi connectivity index (χ1v) is 6.06. The minimum Gasteiger partial charge on any atom is -0.394 e. The van der Waals surface area contributed by atoms with Gasteiger partial charge in [-0.3, -0.25) is 10.2 Å². The molecule has 0 saturated carbocycles. The maximum Gasteiger partial charge on any atom is 0.265 e. The van der Waals surface area contributed by atoms with Gasteiger partial charge in [-0.05, 0) is 6.42 Å². The second kappa shape index (κ2) is 9.18. The molecule has 113 valence electrons. The zero-order chi connectivity index (χ0) is 15.0. The van der Waals surface area contributed by atoms with E-state index in [4.69, 9.17) is 10.2 Å². The van der Waals surface area contributed by atoms with Crippen LogP contribution in [0.3, 0.4) is 0 Å². The number of carbonyl (C=O) groups is 1. The third-order valence-corrected chi connectivity index (χ3v) is 2.60. The van der Waals surface area contributed by atoms with Crippen LogP contribution in [0.2, 0.25) is 0 Å². The van der Waals surface area contributed by atoms with E-state index in [1.165, 1.54) is 5.01 Å². The average Bonchev–Trinajstić information content (AvgIpc) is 2.43. The molecule has 0 unspecified atom stereocenters. The van der Waals surface area contributed by atoms with Crippen LogP contribution in [0.1, 0.15) is 13.3 Å². The standard InChI is InChI=1S/C11H23N2O6/c1-3-5-13(4-2)12-11(19)10(18)9(17)8(16)7(15)6-14/h7-10,14-18H,1,3-6H2,2H3,(H,12,19)/t7-,8-,9+,10-/m1/s1. The number of hydrazine groups is 1. The molecule has 0 heterocycles. The van der Waals surface area contributed by atoms with Crippen LogP contribution in [0.5, 0.6) is 0 Å². The van der Waals surface area contributed by atoms with Crippen LogP contribution in [0.4, 0.5) is 0 Å². The van der Waals surface area contributed by atoms with Gasteiger partial charge in [-0.25, -0.2) is 5.01 Å². The molecule has 4 atom stereocenters. The van der Waals surface area contributed by atoms with Gasteiger partial charge in [0, 0.05) is 13.1 Å². The van der Waals surface area contributed by atoms with Gasteiger partial charge in [-0.1, -0.05) is 13.8 Å². The number of amides is 1. The summed E-state index contributed by atoms with van der Waals surface area (Å²) in [6.07, 6.45) is -6.75. The van der Waals surface area contributed by atoms with Gasteiger partial charge in [-0.2, -0.15) is 0 Å². The Labute approximate surface area is 112 Å². The Bertz CT molecular complexity index is 266. The van der Waals surface area contributed by atoms with Crippen LogP contribution >= 0.6 is 0 Å². The van der Waals surface area contributed by atoms with E-state index in [0.29, 0.717) is 19.5 Å². The van der Waals surface area contributed by atoms with E-state index in [2.05, 4.69) is 12.3 Å². The Morgan fingerprint density at radius 3 is 2.26 bits per heavy atom. The molecule has 1 radical (unpaired) electrons. The lowest BCUT2D eigenvalue weighted by Crippen LogP contribution is -2.55. The lowest BCUT2D eigenvalue weighted by molar-refractivity contribution is -0.153. The Morgan fingerprint density at radius 2 is 1.84 bits per heavy atom. The second-order valence-electron chi connectivity index (χ2n) is 4.09.